The molecule has 108 valence electrons. The summed E-state index contributed by atoms with van der Waals surface area (Å²) in [6, 6.07) is 11.9. The van der Waals surface area contributed by atoms with Gasteiger partial charge in [-0.2, -0.15) is 5.10 Å². The van der Waals surface area contributed by atoms with Crippen LogP contribution in [0, 0.1) is 6.92 Å². The van der Waals surface area contributed by atoms with Crippen LogP contribution >= 0.6 is 0 Å². The maximum Gasteiger partial charge on any atom is 0.157 e. The number of anilines is 1. The van der Waals surface area contributed by atoms with E-state index in [0.29, 0.717) is 5.82 Å². The van der Waals surface area contributed by atoms with Gasteiger partial charge in [0.05, 0.1) is 12.0 Å². The van der Waals surface area contributed by atoms with Crippen molar-refractivity contribution in [1.29, 1.82) is 0 Å². The van der Waals surface area contributed by atoms with Crippen LogP contribution in [0.4, 0.5) is 5.82 Å². The van der Waals surface area contributed by atoms with Crippen LogP contribution in [0.2, 0.25) is 0 Å². The number of benzene rings is 1. The van der Waals surface area contributed by atoms with Crippen LogP contribution in [0.5, 0.6) is 0 Å². The van der Waals surface area contributed by atoms with Crippen molar-refractivity contribution in [3.8, 4) is 17.1 Å². The molecule has 3 rings (SSSR count). The van der Waals surface area contributed by atoms with Gasteiger partial charge in [0.25, 0.3) is 0 Å². The Morgan fingerprint density at radius 3 is 2.43 bits per heavy atom. The Bertz CT molecular complexity index is 754. The number of aromatic nitrogens is 2. The van der Waals surface area contributed by atoms with Crippen molar-refractivity contribution in [2.45, 2.75) is 26.7 Å². The first kappa shape index (κ1) is 13.5. The molecule has 0 aliphatic rings. The van der Waals surface area contributed by atoms with Gasteiger partial charge in [-0.25, -0.2) is 4.68 Å². The highest BCUT2D eigenvalue weighted by molar-refractivity contribution is 5.69. The maximum absolute atomic E-state index is 6.35. The highest BCUT2D eigenvalue weighted by Gasteiger charge is 2.23. The molecule has 0 atom stereocenters. The highest BCUT2D eigenvalue weighted by Crippen LogP contribution is 2.36. The van der Waals surface area contributed by atoms with E-state index in [-0.39, 0.29) is 5.92 Å². The van der Waals surface area contributed by atoms with Crippen molar-refractivity contribution < 1.29 is 4.42 Å². The largest absolute Gasteiger partial charge is 0.462 e. The fourth-order valence-corrected chi connectivity index (χ4v) is 2.56. The summed E-state index contributed by atoms with van der Waals surface area (Å²) in [5.41, 5.74) is 10.2. The van der Waals surface area contributed by atoms with E-state index < -0.39 is 0 Å². The van der Waals surface area contributed by atoms with Gasteiger partial charge in [-0.05, 0) is 36.6 Å². The lowest BCUT2D eigenvalue weighted by Crippen LogP contribution is -2.03. The van der Waals surface area contributed by atoms with E-state index in [2.05, 4.69) is 13.8 Å². The molecule has 0 unspecified atom stereocenters. The molecule has 2 heterocycles. The number of hydrogen-bond donors (Lipinski definition) is 1. The van der Waals surface area contributed by atoms with Crippen molar-refractivity contribution in [3.05, 3.63) is 53.8 Å². The van der Waals surface area contributed by atoms with Crippen LogP contribution in [0.25, 0.3) is 17.1 Å². The molecule has 0 fully saturated rings. The summed E-state index contributed by atoms with van der Waals surface area (Å²) < 4.78 is 7.40. The molecule has 0 bridgehead atoms. The van der Waals surface area contributed by atoms with E-state index in [1.807, 2.05) is 43.3 Å². The topological polar surface area (TPSA) is 57.0 Å². The first-order chi connectivity index (χ1) is 10.1. The minimum absolute atomic E-state index is 0.266. The van der Waals surface area contributed by atoms with Gasteiger partial charge in [0, 0.05) is 5.56 Å². The number of nitrogens with two attached hydrogens (primary N) is 1. The summed E-state index contributed by atoms with van der Waals surface area (Å²) in [6.07, 6.45) is 1.69. The monoisotopic (exact) mass is 281 g/mol. The zero-order valence-corrected chi connectivity index (χ0v) is 12.5. The molecule has 2 N–H and O–H groups in total. The second kappa shape index (κ2) is 5.13. The quantitative estimate of drug-likeness (QED) is 0.784. The Balaban J connectivity index is 2.24. The third kappa shape index (κ3) is 2.23. The third-order valence-electron chi connectivity index (χ3n) is 3.61. The van der Waals surface area contributed by atoms with Crippen molar-refractivity contribution in [2.75, 3.05) is 5.73 Å². The predicted molar refractivity (Wildman–Crippen MR) is 84.5 cm³/mol. The number of nitrogen functional groups attached to an aromatic ring is 1. The fraction of sp³-hybridized carbons (Fsp3) is 0.235. The average Bonchev–Trinajstić information content (AvgIpc) is 3.03. The van der Waals surface area contributed by atoms with E-state index in [1.54, 1.807) is 10.9 Å². The van der Waals surface area contributed by atoms with Crippen LogP contribution in [-0.4, -0.2) is 9.78 Å². The molecule has 0 saturated carbocycles. The van der Waals surface area contributed by atoms with Gasteiger partial charge in [-0.1, -0.05) is 32.0 Å². The Labute approximate surface area is 124 Å². The molecule has 2 aromatic heterocycles. The normalized spacial score (nSPS) is 11.2. The first-order valence-corrected chi connectivity index (χ1v) is 7.08. The minimum Gasteiger partial charge on any atom is -0.462 e. The van der Waals surface area contributed by atoms with E-state index in [1.165, 1.54) is 0 Å². The number of nitrogens with zero attached hydrogens (tertiary/aromatic N) is 2. The summed E-state index contributed by atoms with van der Waals surface area (Å²) >= 11 is 0. The third-order valence-corrected chi connectivity index (χ3v) is 3.61. The maximum atomic E-state index is 6.35. The SMILES string of the molecule is Cc1ccoc1-c1nn(-c2ccccc2)c(N)c1C(C)C. The molecule has 4 nitrogen and oxygen atoms in total. The lowest BCUT2D eigenvalue weighted by atomic mass is 10.0. The molecule has 0 radical (unpaired) electrons. The van der Waals surface area contributed by atoms with Crippen LogP contribution in [0.3, 0.4) is 0 Å². The number of para-hydroxylation sites is 1. The molecule has 0 amide bonds. The summed E-state index contributed by atoms with van der Waals surface area (Å²) in [5.74, 6) is 1.73. The Morgan fingerprint density at radius 2 is 1.86 bits per heavy atom. The molecule has 0 aliphatic carbocycles. The van der Waals surface area contributed by atoms with Gasteiger partial charge in [0.2, 0.25) is 0 Å². The van der Waals surface area contributed by atoms with Gasteiger partial charge in [-0.15, -0.1) is 0 Å². The molecule has 0 spiro atoms. The molecule has 3 aromatic rings. The number of hydrogen-bond acceptors (Lipinski definition) is 3. The predicted octanol–water partition coefficient (Wildman–Crippen LogP) is 4.15. The van der Waals surface area contributed by atoms with Gasteiger partial charge < -0.3 is 10.2 Å². The zero-order valence-electron chi connectivity index (χ0n) is 12.5. The number of aryl methyl sites for hydroxylation is 1. The van der Waals surface area contributed by atoms with Crippen molar-refractivity contribution in [2.24, 2.45) is 0 Å². The Hall–Kier alpha value is -2.49. The average molecular weight is 281 g/mol. The van der Waals surface area contributed by atoms with E-state index >= 15 is 0 Å². The first-order valence-electron chi connectivity index (χ1n) is 7.08. The van der Waals surface area contributed by atoms with Crippen LogP contribution in [-0.2, 0) is 0 Å². The van der Waals surface area contributed by atoms with Crippen molar-refractivity contribution in [1.82, 2.24) is 9.78 Å². The zero-order chi connectivity index (χ0) is 15.0. The van der Waals surface area contributed by atoms with Gasteiger partial charge >= 0.3 is 0 Å². The molecule has 21 heavy (non-hydrogen) atoms. The second-order valence-corrected chi connectivity index (χ2v) is 5.48. The van der Waals surface area contributed by atoms with E-state index in [9.17, 15) is 0 Å². The molecular formula is C17H19N3O. The van der Waals surface area contributed by atoms with Crippen molar-refractivity contribution in [3.63, 3.8) is 0 Å². The van der Waals surface area contributed by atoms with Crippen molar-refractivity contribution >= 4 is 5.82 Å². The minimum atomic E-state index is 0.266. The van der Waals surface area contributed by atoms with Crippen LogP contribution < -0.4 is 5.73 Å². The van der Waals surface area contributed by atoms with Gasteiger partial charge in [0.1, 0.15) is 11.5 Å². The molecule has 0 aliphatic heterocycles. The molecular weight excluding hydrogens is 262 g/mol. The number of rotatable bonds is 3. The fourth-order valence-electron chi connectivity index (χ4n) is 2.56. The standard InChI is InChI=1S/C17H19N3O/c1-11(2)14-15(16-12(3)9-10-21-16)19-20(17(14)18)13-7-5-4-6-8-13/h4-11H,18H2,1-3H3. The van der Waals surface area contributed by atoms with Gasteiger partial charge in [0.15, 0.2) is 5.76 Å². The Morgan fingerprint density at radius 1 is 1.14 bits per heavy atom. The summed E-state index contributed by atoms with van der Waals surface area (Å²) in [6.45, 7) is 6.25. The molecule has 4 heteroatoms. The Kier molecular flexibility index (Phi) is 3.29. The highest BCUT2D eigenvalue weighted by atomic mass is 16.3. The van der Waals surface area contributed by atoms with Crippen LogP contribution in [0.1, 0.15) is 30.9 Å². The molecule has 1 aromatic carbocycles. The second-order valence-electron chi connectivity index (χ2n) is 5.48. The van der Waals surface area contributed by atoms with E-state index in [0.717, 1.165) is 28.3 Å². The lowest BCUT2D eigenvalue weighted by molar-refractivity contribution is 0.576. The summed E-state index contributed by atoms with van der Waals surface area (Å²) in [4.78, 5) is 0. The van der Waals surface area contributed by atoms with Gasteiger partial charge in [-0.3, -0.25) is 0 Å². The molecule has 0 saturated heterocycles. The van der Waals surface area contributed by atoms with E-state index in [4.69, 9.17) is 15.2 Å². The summed E-state index contributed by atoms with van der Waals surface area (Å²) in [7, 11) is 0. The smallest absolute Gasteiger partial charge is 0.157 e. The van der Waals surface area contributed by atoms with Crippen LogP contribution in [0.15, 0.2) is 47.1 Å². The summed E-state index contributed by atoms with van der Waals surface area (Å²) in [5, 5.41) is 4.70. The lowest BCUT2D eigenvalue weighted by Gasteiger charge is -2.07. The number of furan rings is 1.